The van der Waals surface area contributed by atoms with Gasteiger partial charge in [-0.25, -0.2) is 0 Å². The number of nitriles is 1. The Morgan fingerprint density at radius 3 is 2.63 bits per heavy atom. The molecule has 1 aromatic heterocycles. The van der Waals surface area contributed by atoms with Crippen molar-refractivity contribution in [1.29, 1.82) is 5.26 Å². The number of anilines is 1. The van der Waals surface area contributed by atoms with Crippen molar-refractivity contribution in [3.05, 3.63) is 59.8 Å². The smallest absolute Gasteiger partial charge is 0.262 e. The molecule has 3 unspecified atom stereocenters. The molecule has 3 heterocycles. The number of carbonyl (C=O) groups excluding carboxylic acids is 1. The normalized spacial score (nSPS) is 22.3. The second-order valence-corrected chi connectivity index (χ2v) is 9.77. The molecule has 0 radical (unpaired) electrons. The molecule has 198 valence electrons. The summed E-state index contributed by atoms with van der Waals surface area (Å²) in [5.74, 6) is -0.532. The van der Waals surface area contributed by atoms with Gasteiger partial charge in [0.1, 0.15) is 11.6 Å². The predicted molar refractivity (Wildman–Crippen MR) is 144 cm³/mol. The third-order valence-corrected chi connectivity index (χ3v) is 7.16. The first-order valence-electron chi connectivity index (χ1n) is 12.9. The Bertz CT molecular complexity index is 1380. The molecule has 3 N–H and O–H groups in total. The maximum absolute atomic E-state index is 12.7. The summed E-state index contributed by atoms with van der Waals surface area (Å²) in [6, 6.07) is 18.7. The van der Waals surface area contributed by atoms with Gasteiger partial charge in [0.15, 0.2) is 6.29 Å². The summed E-state index contributed by atoms with van der Waals surface area (Å²) in [5, 5.41) is 34.0. The number of aromatic nitrogens is 1. The lowest BCUT2D eigenvalue weighted by molar-refractivity contribution is -0.187. The number of hydrogen-bond acceptors (Lipinski definition) is 7. The molecule has 2 aliphatic heterocycles. The summed E-state index contributed by atoms with van der Waals surface area (Å²) in [6.07, 6.45) is -0.247. The molecule has 0 aliphatic carbocycles. The largest absolute Gasteiger partial charge is 0.393 e. The number of nitrogens with zero attached hydrogens (tertiary/aromatic N) is 3. The Hall–Kier alpha value is -3.68. The summed E-state index contributed by atoms with van der Waals surface area (Å²) in [6.45, 7) is 3.38. The van der Waals surface area contributed by atoms with E-state index in [0.29, 0.717) is 12.1 Å². The Morgan fingerprint density at radius 1 is 1.11 bits per heavy atom. The fourth-order valence-electron chi connectivity index (χ4n) is 5.07. The van der Waals surface area contributed by atoms with Crippen LogP contribution in [0.5, 0.6) is 0 Å². The second kappa shape index (κ2) is 11.4. The number of amides is 1. The third kappa shape index (κ3) is 5.74. The number of rotatable bonds is 6. The highest BCUT2D eigenvalue weighted by molar-refractivity contribution is 6.01. The second-order valence-electron chi connectivity index (χ2n) is 9.77. The number of aliphatic hydroxyl groups excluding tert-OH is 2. The first-order chi connectivity index (χ1) is 18.4. The van der Waals surface area contributed by atoms with Gasteiger partial charge in [-0.3, -0.25) is 4.79 Å². The lowest BCUT2D eigenvalue weighted by Gasteiger charge is -2.30. The maximum Gasteiger partial charge on any atom is 0.262 e. The van der Waals surface area contributed by atoms with Crippen LogP contribution in [0, 0.1) is 11.3 Å². The summed E-state index contributed by atoms with van der Waals surface area (Å²) in [4.78, 5) is 15.0. The molecule has 9 heteroatoms. The van der Waals surface area contributed by atoms with E-state index in [0.717, 1.165) is 48.3 Å². The molecule has 2 aliphatic rings. The number of ether oxygens (including phenoxy) is 2. The zero-order valence-corrected chi connectivity index (χ0v) is 21.3. The molecular formula is C29H32N4O5. The molecule has 3 atom stereocenters. The van der Waals surface area contributed by atoms with E-state index in [4.69, 9.17) is 9.47 Å². The molecule has 0 spiro atoms. The highest BCUT2D eigenvalue weighted by atomic mass is 16.6. The van der Waals surface area contributed by atoms with Gasteiger partial charge in [-0.15, -0.1) is 0 Å². The monoisotopic (exact) mass is 516 g/mol. The Kier molecular flexibility index (Phi) is 7.77. The summed E-state index contributed by atoms with van der Waals surface area (Å²) in [7, 11) is 1.90. The van der Waals surface area contributed by atoms with Gasteiger partial charge in [0.2, 0.25) is 0 Å². The number of morpholine rings is 1. The van der Waals surface area contributed by atoms with Crippen LogP contribution in [0.15, 0.2) is 54.1 Å². The molecule has 2 saturated heterocycles. The van der Waals surface area contributed by atoms with Crippen molar-refractivity contribution < 1.29 is 24.5 Å². The van der Waals surface area contributed by atoms with Crippen LogP contribution in [0.25, 0.3) is 28.1 Å². The number of carbonyl (C=O) groups is 1. The number of fused-ring (bicyclic) bond motifs is 1. The molecular weight excluding hydrogens is 484 g/mol. The standard InChI is InChI=1S/C29H32N4O5/c1-32-23(14-22(17-30)29(36)31-18-26-15-25(34)16-28(35)38-26)6-7-27(32)21-3-2-20-13-24(5-4-19(20)12-21)33-8-10-37-11-9-33/h2-7,12-14,25-26,28,34-35H,8-11,15-16,18H2,1H3,(H,31,36)/b22-14+. The van der Waals surface area contributed by atoms with Gasteiger partial charge in [-0.2, -0.15) is 5.26 Å². The van der Waals surface area contributed by atoms with Crippen molar-refractivity contribution in [3.8, 4) is 17.3 Å². The van der Waals surface area contributed by atoms with Gasteiger partial charge in [0, 0.05) is 56.6 Å². The molecule has 2 aromatic carbocycles. The van der Waals surface area contributed by atoms with Gasteiger partial charge in [-0.1, -0.05) is 18.2 Å². The van der Waals surface area contributed by atoms with Crippen molar-refractivity contribution in [1.82, 2.24) is 9.88 Å². The Labute approximate surface area is 221 Å². The lowest BCUT2D eigenvalue weighted by Crippen LogP contribution is -2.42. The summed E-state index contributed by atoms with van der Waals surface area (Å²) < 4.78 is 12.8. The van der Waals surface area contributed by atoms with E-state index in [1.54, 1.807) is 6.08 Å². The quantitative estimate of drug-likeness (QED) is 0.340. The fraction of sp³-hybridized carbons (Fsp3) is 0.379. The van der Waals surface area contributed by atoms with Crippen molar-refractivity contribution in [3.63, 3.8) is 0 Å². The van der Waals surface area contributed by atoms with Gasteiger partial charge >= 0.3 is 0 Å². The van der Waals surface area contributed by atoms with E-state index < -0.39 is 24.4 Å². The predicted octanol–water partition coefficient (Wildman–Crippen LogP) is 2.56. The SMILES string of the molecule is Cn1c(/C=C(\C#N)C(=O)NCC2CC(O)CC(O)O2)ccc1-c1ccc2cc(N3CCOCC3)ccc2c1. The minimum absolute atomic E-state index is 0.0381. The average molecular weight is 517 g/mol. The van der Waals surface area contributed by atoms with Crippen LogP contribution in [0.1, 0.15) is 18.5 Å². The molecule has 0 saturated carbocycles. The molecule has 5 rings (SSSR count). The molecule has 2 fully saturated rings. The van der Waals surface area contributed by atoms with E-state index in [1.165, 1.54) is 5.69 Å². The van der Waals surface area contributed by atoms with E-state index in [1.807, 2.05) is 29.8 Å². The average Bonchev–Trinajstić information content (AvgIpc) is 3.29. The van der Waals surface area contributed by atoms with Crippen LogP contribution in [-0.2, 0) is 21.3 Å². The molecule has 1 amide bonds. The molecule has 0 bridgehead atoms. The van der Waals surface area contributed by atoms with E-state index in [9.17, 15) is 20.3 Å². The minimum atomic E-state index is -1.06. The van der Waals surface area contributed by atoms with Crippen LogP contribution in [0.3, 0.4) is 0 Å². The van der Waals surface area contributed by atoms with Crippen molar-refractivity contribution in [2.45, 2.75) is 31.3 Å². The van der Waals surface area contributed by atoms with Crippen LogP contribution in [0.4, 0.5) is 5.69 Å². The van der Waals surface area contributed by atoms with Gasteiger partial charge < -0.3 is 34.5 Å². The maximum atomic E-state index is 12.7. The molecule has 9 nitrogen and oxygen atoms in total. The topological polar surface area (TPSA) is 120 Å². The zero-order valence-electron chi connectivity index (χ0n) is 21.3. The summed E-state index contributed by atoms with van der Waals surface area (Å²) in [5.41, 5.74) is 3.88. The van der Waals surface area contributed by atoms with Crippen LogP contribution >= 0.6 is 0 Å². The molecule has 38 heavy (non-hydrogen) atoms. The highest BCUT2D eigenvalue weighted by Crippen LogP contribution is 2.29. The van der Waals surface area contributed by atoms with Crippen molar-refractivity contribution >= 4 is 28.4 Å². The lowest BCUT2D eigenvalue weighted by atomic mass is 10.0. The molecule has 3 aromatic rings. The Balaban J connectivity index is 1.30. The van der Waals surface area contributed by atoms with Gasteiger partial charge in [0.25, 0.3) is 5.91 Å². The van der Waals surface area contributed by atoms with Gasteiger partial charge in [-0.05, 0) is 52.7 Å². The number of aliphatic hydroxyl groups is 2. The highest BCUT2D eigenvalue weighted by Gasteiger charge is 2.27. The first-order valence-corrected chi connectivity index (χ1v) is 12.9. The van der Waals surface area contributed by atoms with Crippen LogP contribution in [0.2, 0.25) is 0 Å². The Morgan fingerprint density at radius 2 is 1.87 bits per heavy atom. The van der Waals surface area contributed by atoms with E-state index in [2.05, 4.69) is 46.6 Å². The van der Waals surface area contributed by atoms with Crippen molar-refractivity contribution in [2.24, 2.45) is 7.05 Å². The fourth-order valence-corrected chi connectivity index (χ4v) is 5.07. The van der Waals surface area contributed by atoms with Crippen LogP contribution < -0.4 is 10.2 Å². The number of nitrogens with one attached hydrogen (secondary N) is 1. The number of hydrogen-bond donors (Lipinski definition) is 3. The third-order valence-electron chi connectivity index (χ3n) is 7.16. The van der Waals surface area contributed by atoms with E-state index >= 15 is 0 Å². The van der Waals surface area contributed by atoms with Gasteiger partial charge in [0.05, 0.1) is 25.4 Å². The minimum Gasteiger partial charge on any atom is -0.393 e. The zero-order chi connectivity index (χ0) is 26.6. The van der Waals surface area contributed by atoms with Crippen molar-refractivity contribution in [2.75, 3.05) is 37.7 Å². The first kappa shape index (κ1) is 25.9. The van der Waals surface area contributed by atoms with Crippen LogP contribution in [-0.4, -0.2) is 72.0 Å². The number of benzene rings is 2. The van der Waals surface area contributed by atoms with E-state index in [-0.39, 0.29) is 18.5 Å². The summed E-state index contributed by atoms with van der Waals surface area (Å²) >= 11 is 0.